The Balaban J connectivity index is 0.000000145. The minimum atomic E-state index is -2.25. The van der Waals surface area contributed by atoms with Crippen molar-refractivity contribution in [3.63, 3.8) is 0 Å². The first-order valence-electron chi connectivity index (χ1n) is 2.08. The summed E-state index contributed by atoms with van der Waals surface area (Å²) in [6.45, 7) is -0.250. The summed E-state index contributed by atoms with van der Waals surface area (Å²) in [4.78, 5) is 8.36. The predicted molar refractivity (Wildman–Crippen MR) is 22.9 cm³/mol. The third kappa shape index (κ3) is 5.33. The van der Waals surface area contributed by atoms with Crippen LogP contribution in [0.15, 0.2) is 0 Å². The molecule has 0 aromatic rings. The maximum atomic E-state index is 11.1. The van der Waals surface area contributed by atoms with Gasteiger partial charge >= 0.3 is 0 Å². The van der Waals surface area contributed by atoms with E-state index in [1.165, 1.54) is 0 Å². The first-order chi connectivity index (χ1) is 3.62. The van der Waals surface area contributed by atoms with Gasteiger partial charge in [0.15, 0.2) is 0 Å². The van der Waals surface area contributed by atoms with Crippen LogP contribution in [-0.2, 0) is 4.79 Å². The summed E-state index contributed by atoms with van der Waals surface area (Å²) in [6, 6.07) is 0. The van der Waals surface area contributed by atoms with Crippen LogP contribution in [0.2, 0.25) is 0 Å². The largest absolute Gasteiger partial charge is 0.483 e. The second-order valence-electron chi connectivity index (χ2n) is 1.46. The summed E-state index contributed by atoms with van der Waals surface area (Å²) < 4.78 is 22.3. The fourth-order valence-electron chi connectivity index (χ4n) is 0.0945. The molecule has 0 aliphatic heterocycles. The highest BCUT2D eigenvalue weighted by Gasteiger charge is 2.43. The lowest BCUT2D eigenvalue weighted by Gasteiger charge is -1.76. The van der Waals surface area contributed by atoms with Crippen molar-refractivity contribution in [1.29, 1.82) is 0 Å². The van der Waals surface area contributed by atoms with Crippen LogP contribution in [-0.4, -0.2) is 17.5 Å². The van der Waals surface area contributed by atoms with Crippen LogP contribution >= 0.6 is 0 Å². The van der Waals surface area contributed by atoms with Crippen molar-refractivity contribution in [3.05, 3.63) is 0 Å². The van der Waals surface area contributed by atoms with E-state index in [4.69, 9.17) is 9.90 Å². The maximum absolute atomic E-state index is 11.1. The van der Waals surface area contributed by atoms with Gasteiger partial charge in [-0.1, -0.05) is 0 Å². The molecule has 0 atom stereocenters. The van der Waals surface area contributed by atoms with E-state index in [1.807, 2.05) is 0 Å². The fourth-order valence-corrected chi connectivity index (χ4v) is 0.0945. The number of rotatable bonds is 0. The first kappa shape index (κ1) is 7.33. The Morgan fingerprint density at radius 3 is 1.62 bits per heavy atom. The highest BCUT2D eigenvalue weighted by atomic mass is 19.3. The number of hydrogen-bond acceptors (Lipinski definition) is 1. The van der Waals surface area contributed by atoms with Crippen LogP contribution in [0.4, 0.5) is 8.78 Å². The van der Waals surface area contributed by atoms with Crippen LogP contribution < -0.4 is 0 Å². The fraction of sp³-hybridized carbons (Fsp3) is 0.750. The lowest BCUT2D eigenvalue weighted by Crippen LogP contribution is -1.79. The predicted octanol–water partition coefficient (Wildman–Crippen LogP) is 1.12. The molecule has 8 heavy (non-hydrogen) atoms. The summed E-state index contributed by atoms with van der Waals surface area (Å²) in [5.41, 5.74) is 0. The van der Waals surface area contributed by atoms with Gasteiger partial charge < -0.3 is 5.11 Å². The molecule has 0 unspecified atom stereocenters. The molecule has 1 N–H and O–H groups in total. The average molecular weight is 124 g/mol. The van der Waals surface area contributed by atoms with Gasteiger partial charge in [-0.25, -0.2) is 8.78 Å². The first-order valence-corrected chi connectivity index (χ1v) is 2.08. The highest BCUT2D eigenvalue weighted by Crippen LogP contribution is 2.40. The molecule has 0 amide bonds. The second kappa shape index (κ2) is 2.59. The Kier molecular flexibility index (Phi) is 2.37. The van der Waals surface area contributed by atoms with E-state index in [2.05, 4.69) is 0 Å². The summed E-state index contributed by atoms with van der Waals surface area (Å²) >= 11 is 0. The molecule has 0 aromatic heterocycles. The molecule has 0 spiro atoms. The van der Waals surface area contributed by atoms with Crippen molar-refractivity contribution in [2.45, 2.75) is 18.8 Å². The number of alkyl halides is 2. The monoisotopic (exact) mass is 124 g/mol. The number of hydrogen-bond donors (Lipinski definition) is 1. The lowest BCUT2D eigenvalue weighted by atomic mass is 10.8. The SMILES string of the molecule is FC1(F)CC1.O=CO. The minimum absolute atomic E-state index is 0.118. The highest BCUT2D eigenvalue weighted by molar-refractivity contribution is 5.32. The summed E-state index contributed by atoms with van der Waals surface area (Å²) in [5.74, 6) is -2.25. The van der Waals surface area contributed by atoms with E-state index in [0.29, 0.717) is 0 Å². The van der Waals surface area contributed by atoms with Crippen molar-refractivity contribution in [1.82, 2.24) is 0 Å². The molecule has 1 saturated carbocycles. The smallest absolute Gasteiger partial charge is 0.290 e. The van der Waals surface area contributed by atoms with Gasteiger partial charge in [0.1, 0.15) is 0 Å². The van der Waals surface area contributed by atoms with Gasteiger partial charge in [-0.3, -0.25) is 4.79 Å². The Morgan fingerprint density at radius 1 is 1.50 bits per heavy atom. The molecule has 1 fully saturated rings. The zero-order valence-electron chi connectivity index (χ0n) is 4.10. The summed E-state index contributed by atoms with van der Waals surface area (Å²) in [5, 5.41) is 6.89. The van der Waals surface area contributed by atoms with Gasteiger partial charge in [-0.2, -0.15) is 0 Å². The molecular weight excluding hydrogens is 118 g/mol. The van der Waals surface area contributed by atoms with Crippen molar-refractivity contribution >= 4 is 6.47 Å². The lowest BCUT2D eigenvalue weighted by molar-refractivity contribution is -0.122. The number of halogens is 2. The Hall–Kier alpha value is -0.670. The van der Waals surface area contributed by atoms with E-state index in [-0.39, 0.29) is 19.3 Å². The van der Waals surface area contributed by atoms with Crippen molar-refractivity contribution in [2.24, 2.45) is 0 Å². The van der Waals surface area contributed by atoms with Crippen molar-refractivity contribution < 1.29 is 18.7 Å². The van der Waals surface area contributed by atoms with E-state index in [1.54, 1.807) is 0 Å². The molecule has 4 heteroatoms. The Morgan fingerprint density at radius 2 is 1.62 bits per heavy atom. The van der Waals surface area contributed by atoms with Crippen LogP contribution in [0.1, 0.15) is 12.8 Å². The second-order valence-corrected chi connectivity index (χ2v) is 1.46. The minimum Gasteiger partial charge on any atom is -0.483 e. The topological polar surface area (TPSA) is 37.3 Å². The summed E-state index contributed by atoms with van der Waals surface area (Å²) in [6.07, 6.45) is 0.236. The molecule has 0 bridgehead atoms. The van der Waals surface area contributed by atoms with E-state index < -0.39 is 5.92 Å². The molecule has 0 saturated heterocycles. The molecule has 1 aliphatic carbocycles. The zero-order chi connectivity index (χ0) is 6.62. The normalized spacial score (nSPS) is 20.2. The van der Waals surface area contributed by atoms with E-state index >= 15 is 0 Å². The number of carboxylic acid groups (broad SMARTS) is 1. The van der Waals surface area contributed by atoms with Crippen LogP contribution in [0.5, 0.6) is 0 Å². The zero-order valence-corrected chi connectivity index (χ0v) is 4.10. The van der Waals surface area contributed by atoms with Gasteiger partial charge in [-0.05, 0) is 0 Å². The summed E-state index contributed by atoms with van der Waals surface area (Å²) in [7, 11) is 0. The van der Waals surface area contributed by atoms with Gasteiger partial charge in [-0.15, -0.1) is 0 Å². The third-order valence-corrected chi connectivity index (χ3v) is 0.628. The molecule has 0 heterocycles. The molecule has 48 valence electrons. The van der Waals surface area contributed by atoms with Crippen LogP contribution in [0, 0.1) is 0 Å². The van der Waals surface area contributed by atoms with E-state index in [0.717, 1.165) is 0 Å². The molecule has 2 nitrogen and oxygen atoms in total. The van der Waals surface area contributed by atoms with E-state index in [9.17, 15) is 8.78 Å². The van der Waals surface area contributed by atoms with Gasteiger partial charge in [0.2, 0.25) is 5.92 Å². The Bertz CT molecular complexity index is 76.1. The van der Waals surface area contributed by atoms with Gasteiger partial charge in [0.25, 0.3) is 6.47 Å². The van der Waals surface area contributed by atoms with Gasteiger partial charge in [0.05, 0.1) is 0 Å². The quantitative estimate of drug-likeness (QED) is 0.491. The molecular formula is C4H6F2O2. The van der Waals surface area contributed by atoms with Gasteiger partial charge in [0, 0.05) is 12.8 Å². The van der Waals surface area contributed by atoms with Crippen LogP contribution in [0.25, 0.3) is 0 Å². The average Bonchev–Trinajstić information content (AvgIpc) is 2.22. The third-order valence-electron chi connectivity index (χ3n) is 0.628. The van der Waals surface area contributed by atoms with Crippen LogP contribution in [0.3, 0.4) is 0 Å². The standard InChI is InChI=1S/C3H4F2.CH2O2/c4-3(5)1-2-3;2-1-3/h1-2H2;1H,(H,2,3). The molecule has 0 aromatic carbocycles. The molecule has 1 rings (SSSR count). The van der Waals surface area contributed by atoms with Crippen molar-refractivity contribution in [3.8, 4) is 0 Å². The molecule has 0 radical (unpaired) electrons. The maximum Gasteiger partial charge on any atom is 0.290 e. The van der Waals surface area contributed by atoms with Crippen molar-refractivity contribution in [2.75, 3.05) is 0 Å². The number of carbonyl (C=O) groups is 1. The Labute approximate surface area is 45.1 Å². The molecule has 1 aliphatic rings.